The number of aromatic nitrogens is 4. The van der Waals surface area contributed by atoms with Gasteiger partial charge in [0.25, 0.3) is 0 Å². The summed E-state index contributed by atoms with van der Waals surface area (Å²) in [6, 6.07) is 5.27. The number of tetrazole rings is 1. The number of hydrogen-bond acceptors (Lipinski definition) is 5. The summed E-state index contributed by atoms with van der Waals surface area (Å²) in [6.45, 7) is 1.82. The van der Waals surface area contributed by atoms with Crippen LogP contribution >= 0.6 is 35.0 Å². The minimum Gasteiger partial charge on any atom is -0.325 e. The largest absolute Gasteiger partial charge is 0.325 e. The quantitative estimate of drug-likeness (QED) is 0.780. The molecule has 1 aromatic heterocycles. The number of hydrogen-bond donors (Lipinski definition) is 1. The molecule has 1 atom stereocenters. The first-order chi connectivity index (χ1) is 11.5. The molecule has 1 amide bonds. The number of thioether (sulfide) groups is 1. The van der Waals surface area contributed by atoms with E-state index in [0.717, 1.165) is 12.8 Å². The van der Waals surface area contributed by atoms with Gasteiger partial charge in [0.2, 0.25) is 11.1 Å². The van der Waals surface area contributed by atoms with E-state index >= 15 is 0 Å². The van der Waals surface area contributed by atoms with Gasteiger partial charge in [0.15, 0.2) is 0 Å². The van der Waals surface area contributed by atoms with E-state index in [1.54, 1.807) is 18.2 Å². The summed E-state index contributed by atoms with van der Waals surface area (Å²) < 4.78 is 1.84. The molecule has 1 fully saturated rings. The van der Waals surface area contributed by atoms with Crippen LogP contribution in [0.15, 0.2) is 23.4 Å². The zero-order valence-electron chi connectivity index (χ0n) is 13.1. The first-order valence-electron chi connectivity index (χ1n) is 7.74. The number of halogens is 2. The van der Waals surface area contributed by atoms with Gasteiger partial charge < -0.3 is 5.32 Å². The molecule has 1 aliphatic rings. The van der Waals surface area contributed by atoms with Crippen LogP contribution in [0.4, 0.5) is 5.69 Å². The Morgan fingerprint density at radius 2 is 1.96 bits per heavy atom. The van der Waals surface area contributed by atoms with Gasteiger partial charge in [0, 0.05) is 15.7 Å². The van der Waals surface area contributed by atoms with Crippen molar-refractivity contribution in [2.24, 2.45) is 0 Å². The number of benzene rings is 1. The smallest absolute Gasteiger partial charge is 0.237 e. The van der Waals surface area contributed by atoms with E-state index in [2.05, 4.69) is 20.8 Å². The maximum atomic E-state index is 12.4. The fourth-order valence-electron chi connectivity index (χ4n) is 2.72. The average molecular weight is 386 g/mol. The summed E-state index contributed by atoms with van der Waals surface area (Å²) in [5.41, 5.74) is 0.570. The molecular weight excluding hydrogens is 369 g/mol. The summed E-state index contributed by atoms with van der Waals surface area (Å²) in [7, 11) is 0. The van der Waals surface area contributed by atoms with Crippen molar-refractivity contribution in [2.75, 3.05) is 5.32 Å². The minimum absolute atomic E-state index is 0.153. The summed E-state index contributed by atoms with van der Waals surface area (Å²) in [6.07, 6.45) is 4.56. The van der Waals surface area contributed by atoms with E-state index in [1.165, 1.54) is 24.6 Å². The Hall–Kier alpha value is -1.31. The summed E-state index contributed by atoms with van der Waals surface area (Å²) in [5.74, 6) is -0.153. The molecule has 1 heterocycles. The van der Waals surface area contributed by atoms with Crippen molar-refractivity contribution < 1.29 is 4.79 Å². The molecule has 3 rings (SSSR count). The van der Waals surface area contributed by atoms with E-state index in [4.69, 9.17) is 23.2 Å². The highest BCUT2D eigenvalue weighted by atomic mass is 35.5. The molecule has 9 heteroatoms. The fraction of sp³-hybridized carbons (Fsp3) is 0.467. The molecule has 1 N–H and O–H groups in total. The standard InChI is InChI=1S/C15H17Cl2N5OS/c1-9(14(23)18-12-7-10(16)6-11(17)8-12)24-15-19-20-21-22(15)13-4-2-3-5-13/h6-9,13H,2-5H2,1H3,(H,18,23). The Morgan fingerprint density at radius 3 is 2.62 bits per heavy atom. The lowest BCUT2D eigenvalue weighted by molar-refractivity contribution is -0.115. The minimum atomic E-state index is -0.353. The molecule has 0 saturated heterocycles. The van der Waals surface area contributed by atoms with Crippen molar-refractivity contribution in [3.8, 4) is 0 Å². The maximum absolute atomic E-state index is 12.4. The second kappa shape index (κ2) is 7.72. The van der Waals surface area contributed by atoms with Gasteiger partial charge in [-0.25, -0.2) is 4.68 Å². The zero-order valence-corrected chi connectivity index (χ0v) is 15.4. The molecule has 0 spiro atoms. The topological polar surface area (TPSA) is 72.7 Å². The molecule has 0 bridgehead atoms. The van der Waals surface area contributed by atoms with Crippen molar-refractivity contribution in [2.45, 2.75) is 49.1 Å². The number of amides is 1. The van der Waals surface area contributed by atoms with Crippen molar-refractivity contribution in [3.05, 3.63) is 28.2 Å². The first kappa shape index (κ1) is 17.5. The van der Waals surface area contributed by atoms with Crippen LogP contribution in [0.25, 0.3) is 0 Å². The number of carbonyl (C=O) groups is 1. The van der Waals surface area contributed by atoms with Crippen LogP contribution in [0.2, 0.25) is 10.0 Å². The predicted molar refractivity (Wildman–Crippen MR) is 95.7 cm³/mol. The summed E-state index contributed by atoms with van der Waals surface area (Å²) >= 11 is 13.3. The van der Waals surface area contributed by atoms with Gasteiger partial charge in [-0.2, -0.15) is 0 Å². The lowest BCUT2D eigenvalue weighted by atomic mass is 10.3. The van der Waals surface area contributed by atoms with E-state index in [0.29, 0.717) is 26.9 Å². The van der Waals surface area contributed by atoms with E-state index < -0.39 is 0 Å². The Labute approximate surface area is 154 Å². The van der Waals surface area contributed by atoms with E-state index in [9.17, 15) is 4.79 Å². The van der Waals surface area contributed by atoms with Gasteiger partial charge in [-0.05, 0) is 48.4 Å². The third kappa shape index (κ3) is 4.20. The predicted octanol–water partition coefficient (Wildman–Crippen LogP) is 4.21. The summed E-state index contributed by atoms with van der Waals surface area (Å²) in [5, 5.41) is 16.0. The molecule has 6 nitrogen and oxygen atoms in total. The molecule has 24 heavy (non-hydrogen) atoms. The summed E-state index contributed by atoms with van der Waals surface area (Å²) in [4.78, 5) is 12.4. The Balaban J connectivity index is 1.65. The van der Waals surface area contributed by atoms with Crippen molar-refractivity contribution in [1.82, 2.24) is 20.2 Å². The van der Waals surface area contributed by atoms with Gasteiger partial charge >= 0.3 is 0 Å². The van der Waals surface area contributed by atoms with Crippen LogP contribution in [0.5, 0.6) is 0 Å². The molecule has 1 aromatic carbocycles. The van der Waals surface area contributed by atoms with Crippen LogP contribution < -0.4 is 5.32 Å². The van der Waals surface area contributed by atoms with E-state index in [1.807, 2.05) is 11.6 Å². The Bertz CT molecular complexity index is 712. The molecule has 128 valence electrons. The molecule has 1 saturated carbocycles. The highest BCUT2D eigenvalue weighted by molar-refractivity contribution is 8.00. The van der Waals surface area contributed by atoms with Crippen LogP contribution in [-0.4, -0.2) is 31.4 Å². The fourth-order valence-corrected chi connectivity index (χ4v) is 4.11. The van der Waals surface area contributed by atoms with Gasteiger partial charge in [-0.1, -0.05) is 47.8 Å². The van der Waals surface area contributed by atoms with Crippen molar-refractivity contribution in [3.63, 3.8) is 0 Å². The molecule has 1 unspecified atom stereocenters. The zero-order chi connectivity index (χ0) is 17.1. The van der Waals surface area contributed by atoms with Crippen LogP contribution in [0.3, 0.4) is 0 Å². The Morgan fingerprint density at radius 1 is 1.29 bits per heavy atom. The third-order valence-corrected chi connectivity index (χ3v) is 5.40. The monoisotopic (exact) mass is 385 g/mol. The van der Waals surface area contributed by atoms with Gasteiger partial charge in [0.1, 0.15) is 0 Å². The number of anilines is 1. The molecule has 0 radical (unpaired) electrons. The van der Waals surface area contributed by atoms with Crippen LogP contribution in [-0.2, 0) is 4.79 Å². The number of carbonyl (C=O) groups excluding carboxylic acids is 1. The second-order valence-corrected chi connectivity index (χ2v) is 7.93. The number of rotatable bonds is 5. The van der Waals surface area contributed by atoms with Gasteiger partial charge in [0.05, 0.1) is 11.3 Å². The normalized spacial score (nSPS) is 16.3. The number of nitrogens with one attached hydrogen (secondary N) is 1. The van der Waals surface area contributed by atoms with Crippen molar-refractivity contribution in [1.29, 1.82) is 0 Å². The first-order valence-corrected chi connectivity index (χ1v) is 9.38. The average Bonchev–Trinajstić information content (AvgIpc) is 3.16. The van der Waals surface area contributed by atoms with Crippen LogP contribution in [0.1, 0.15) is 38.6 Å². The van der Waals surface area contributed by atoms with E-state index in [-0.39, 0.29) is 11.2 Å². The second-order valence-electron chi connectivity index (χ2n) is 5.75. The lowest BCUT2D eigenvalue weighted by Crippen LogP contribution is -2.23. The highest BCUT2D eigenvalue weighted by Crippen LogP contribution is 2.32. The Kier molecular flexibility index (Phi) is 5.63. The van der Waals surface area contributed by atoms with Gasteiger partial charge in [-0.15, -0.1) is 5.10 Å². The third-order valence-electron chi connectivity index (χ3n) is 3.91. The molecule has 0 aliphatic heterocycles. The molecular formula is C15H17Cl2N5OS. The van der Waals surface area contributed by atoms with Gasteiger partial charge in [-0.3, -0.25) is 4.79 Å². The molecule has 2 aromatic rings. The highest BCUT2D eigenvalue weighted by Gasteiger charge is 2.24. The number of nitrogens with zero attached hydrogens (tertiary/aromatic N) is 4. The van der Waals surface area contributed by atoms with Crippen molar-refractivity contribution >= 4 is 46.6 Å². The lowest BCUT2D eigenvalue weighted by Gasteiger charge is -2.14. The SMILES string of the molecule is CC(Sc1nnnn1C1CCCC1)C(=O)Nc1cc(Cl)cc(Cl)c1. The molecule has 1 aliphatic carbocycles. The maximum Gasteiger partial charge on any atom is 0.237 e. The van der Waals surface area contributed by atoms with Crippen LogP contribution in [0, 0.1) is 0 Å².